The van der Waals surface area contributed by atoms with Crippen LogP contribution in [0.15, 0.2) is 36.4 Å². The van der Waals surface area contributed by atoms with E-state index in [0.29, 0.717) is 5.92 Å². The zero-order chi connectivity index (χ0) is 16.2. The highest BCUT2D eigenvalue weighted by molar-refractivity contribution is 5.59. The van der Waals surface area contributed by atoms with E-state index in [-0.39, 0.29) is 5.82 Å². The van der Waals surface area contributed by atoms with E-state index in [1.165, 1.54) is 31.5 Å². The van der Waals surface area contributed by atoms with Gasteiger partial charge in [0.15, 0.2) is 5.82 Å². The predicted molar refractivity (Wildman–Crippen MR) is 90.9 cm³/mol. The number of aromatic nitrogens is 2. The maximum atomic E-state index is 13.0. The highest BCUT2D eigenvalue weighted by Crippen LogP contribution is 2.21. The SMILES string of the molecule is CN1CCCC(CN(C)c2ccc(-c3ccc(F)cc3)nn2)C1. The first-order valence-corrected chi connectivity index (χ1v) is 8.11. The van der Waals surface area contributed by atoms with E-state index in [4.69, 9.17) is 0 Å². The zero-order valence-corrected chi connectivity index (χ0v) is 13.7. The van der Waals surface area contributed by atoms with Gasteiger partial charge >= 0.3 is 0 Å². The van der Waals surface area contributed by atoms with Gasteiger partial charge in [-0.3, -0.25) is 0 Å². The van der Waals surface area contributed by atoms with Crippen LogP contribution in [0.4, 0.5) is 10.2 Å². The van der Waals surface area contributed by atoms with E-state index in [1.807, 2.05) is 12.1 Å². The molecule has 0 saturated carbocycles. The minimum atomic E-state index is -0.240. The molecule has 0 spiro atoms. The predicted octanol–water partition coefficient (Wildman–Crippen LogP) is 3.06. The summed E-state index contributed by atoms with van der Waals surface area (Å²) in [7, 11) is 4.25. The molecule has 1 saturated heterocycles. The number of hydrogen-bond acceptors (Lipinski definition) is 4. The number of rotatable bonds is 4. The van der Waals surface area contributed by atoms with Crippen LogP contribution in [-0.2, 0) is 0 Å². The third-order valence-electron chi connectivity index (χ3n) is 4.44. The molecule has 1 unspecified atom stereocenters. The third-order valence-corrected chi connectivity index (χ3v) is 4.44. The molecule has 1 aromatic carbocycles. The number of nitrogens with zero attached hydrogens (tertiary/aromatic N) is 4. The fourth-order valence-corrected chi connectivity index (χ4v) is 3.21. The Kier molecular flexibility index (Phi) is 4.86. The maximum Gasteiger partial charge on any atom is 0.151 e. The summed E-state index contributed by atoms with van der Waals surface area (Å²) in [5.74, 6) is 1.32. The summed E-state index contributed by atoms with van der Waals surface area (Å²) in [6, 6.07) is 10.3. The quantitative estimate of drug-likeness (QED) is 0.868. The standard InChI is InChI=1S/C18H23FN4/c1-22-11-3-4-14(12-22)13-23(2)18-10-9-17(20-21-18)15-5-7-16(19)8-6-15/h5-10,14H,3-4,11-13H2,1-2H3. The molecule has 3 rings (SSSR count). The van der Waals surface area contributed by atoms with Crippen LogP contribution in [0.3, 0.4) is 0 Å². The average molecular weight is 314 g/mol. The van der Waals surface area contributed by atoms with Gasteiger partial charge in [0.2, 0.25) is 0 Å². The van der Waals surface area contributed by atoms with Gasteiger partial charge < -0.3 is 9.80 Å². The van der Waals surface area contributed by atoms with E-state index in [0.717, 1.165) is 30.2 Å². The molecule has 0 amide bonds. The second-order valence-corrected chi connectivity index (χ2v) is 6.43. The molecule has 23 heavy (non-hydrogen) atoms. The Balaban J connectivity index is 1.65. The van der Waals surface area contributed by atoms with Crippen molar-refractivity contribution in [2.24, 2.45) is 5.92 Å². The first kappa shape index (κ1) is 15.9. The van der Waals surface area contributed by atoms with Crippen LogP contribution < -0.4 is 4.90 Å². The van der Waals surface area contributed by atoms with E-state index in [9.17, 15) is 4.39 Å². The van der Waals surface area contributed by atoms with Crippen LogP contribution in [0.2, 0.25) is 0 Å². The minimum Gasteiger partial charge on any atom is -0.358 e. The topological polar surface area (TPSA) is 32.3 Å². The molecule has 0 aliphatic carbocycles. The third kappa shape index (κ3) is 4.05. The summed E-state index contributed by atoms with van der Waals surface area (Å²) < 4.78 is 13.0. The Bertz CT molecular complexity index is 626. The van der Waals surface area contributed by atoms with Crippen LogP contribution in [0.1, 0.15) is 12.8 Å². The summed E-state index contributed by atoms with van der Waals surface area (Å²) in [4.78, 5) is 4.57. The number of halogens is 1. The number of benzene rings is 1. The molecular weight excluding hydrogens is 291 g/mol. The van der Waals surface area contributed by atoms with Gasteiger partial charge in [-0.1, -0.05) is 0 Å². The van der Waals surface area contributed by atoms with Crippen molar-refractivity contribution in [2.45, 2.75) is 12.8 Å². The molecule has 1 aliphatic heterocycles. The van der Waals surface area contributed by atoms with Gasteiger partial charge in [0.1, 0.15) is 5.82 Å². The molecule has 0 radical (unpaired) electrons. The smallest absolute Gasteiger partial charge is 0.151 e. The summed E-state index contributed by atoms with van der Waals surface area (Å²) in [5.41, 5.74) is 1.64. The molecule has 0 N–H and O–H groups in total. The molecule has 1 fully saturated rings. The first-order chi connectivity index (χ1) is 11.1. The van der Waals surface area contributed by atoms with Gasteiger partial charge in [0.25, 0.3) is 0 Å². The number of likely N-dealkylation sites (tertiary alicyclic amines) is 1. The van der Waals surface area contributed by atoms with E-state index < -0.39 is 0 Å². The maximum absolute atomic E-state index is 13.0. The van der Waals surface area contributed by atoms with Gasteiger partial charge in [0.05, 0.1) is 5.69 Å². The Hall–Kier alpha value is -2.01. The van der Waals surface area contributed by atoms with Gasteiger partial charge in [-0.05, 0) is 68.8 Å². The van der Waals surface area contributed by atoms with E-state index in [1.54, 1.807) is 12.1 Å². The number of piperidine rings is 1. The largest absolute Gasteiger partial charge is 0.358 e. The summed E-state index contributed by atoms with van der Waals surface area (Å²) in [6.07, 6.45) is 2.54. The molecule has 1 aliphatic rings. The average Bonchev–Trinajstić information content (AvgIpc) is 2.56. The second-order valence-electron chi connectivity index (χ2n) is 6.43. The molecule has 2 heterocycles. The molecular formula is C18H23FN4. The normalized spacial score (nSPS) is 18.8. The van der Waals surface area contributed by atoms with Gasteiger partial charge in [0, 0.05) is 25.7 Å². The van der Waals surface area contributed by atoms with Crippen LogP contribution in [0.5, 0.6) is 0 Å². The van der Waals surface area contributed by atoms with Crippen molar-refractivity contribution in [3.05, 3.63) is 42.2 Å². The lowest BCUT2D eigenvalue weighted by molar-refractivity contribution is 0.213. The lowest BCUT2D eigenvalue weighted by Gasteiger charge is -2.32. The second kappa shape index (κ2) is 7.04. The van der Waals surface area contributed by atoms with E-state index in [2.05, 4.69) is 34.1 Å². The van der Waals surface area contributed by atoms with Gasteiger partial charge in [-0.15, -0.1) is 10.2 Å². The lowest BCUT2D eigenvalue weighted by atomic mass is 9.98. The minimum absolute atomic E-state index is 0.240. The molecule has 1 atom stereocenters. The highest BCUT2D eigenvalue weighted by Gasteiger charge is 2.19. The molecule has 0 bridgehead atoms. The Morgan fingerprint density at radius 1 is 1.17 bits per heavy atom. The van der Waals surface area contributed by atoms with E-state index >= 15 is 0 Å². The lowest BCUT2D eigenvalue weighted by Crippen LogP contribution is -2.38. The van der Waals surface area contributed by atoms with Crippen LogP contribution in [0.25, 0.3) is 11.3 Å². The zero-order valence-electron chi connectivity index (χ0n) is 13.7. The Labute approximate surface area is 136 Å². The molecule has 4 nitrogen and oxygen atoms in total. The van der Waals surface area contributed by atoms with Crippen molar-refractivity contribution < 1.29 is 4.39 Å². The van der Waals surface area contributed by atoms with Gasteiger partial charge in [-0.2, -0.15) is 0 Å². The fourth-order valence-electron chi connectivity index (χ4n) is 3.21. The number of anilines is 1. The van der Waals surface area contributed by atoms with Crippen molar-refractivity contribution in [3.8, 4) is 11.3 Å². The first-order valence-electron chi connectivity index (χ1n) is 8.11. The van der Waals surface area contributed by atoms with Crippen molar-refractivity contribution in [2.75, 3.05) is 38.6 Å². The summed E-state index contributed by atoms with van der Waals surface area (Å²) in [6.45, 7) is 3.34. The summed E-state index contributed by atoms with van der Waals surface area (Å²) in [5, 5.41) is 8.61. The monoisotopic (exact) mass is 314 g/mol. The Morgan fingerprint density at radius 2 is 1.96 bits per heavy atom. The highest BCUT2D eigenvalue weighted by atomic mass is 19.1. The van der Waals surface area contributed by atoms with Crippen molar-refractivity contribution in [1.29, 1.82) is 0 Å². The van der Waals surface area contributed by atoms with Gasteiger partial charge in [-0.25, -0.2) is 4.39 Å². The molecule has 5 heteroatoms. The number of hydrogen-bond donors (Lipinski definition) is 0. The summed E-state index contributed by atoms with van der Waals surface area (Å²) >= 11 is 0. The van der Waals surface area contributed by atoms with Crippen LogP contribution >= 0.6 is 0 Å². The van der Waals surface area contributed by atoms with Crippen molar-refractivity contribution in [1.82, 2.24) is 15.1 Å². The molecule has 122 valence electrons. The van der Waals surface area contributed by atoms with Crippen LogP contribution in [0, 0.1) is 11.7 Å². The van der Waals surface area contributed by atoms with Crippen molar-refractivity contribution in [3.63, 3.8) is 0 Å². The molecule has 1 aromatic heterocycles. The fraction of sp³-hybridized carbons (Fsp3) is 0.444. The molecule has 2 aromatic rings. The van der Waals surface area contributed by atoms with Crippen LogP contribution in [-0.4, -0.2) is 48.8 Å². The van der Waals surface area contributed by atoms with Crippen molar-refractivity contribution >= 4 is 5.82 Å². The Morgan fingerprint density at radius 3 is 2.61 bits per heavy atom.